The molecule has 1 aliphatic rings. The predicted octanol–water partition coefficient (Wildman–Crippen LogP) is 2.22. The van der Waals surface area contributed by atoms with Gasteiger partial charge in [-0.15, -0.1) is 0 Å². The molecule has 0 spiro atoms. The first kappa shape index (κ1) is 12.4. The van der Waals surface area contributed by atoms with Gasteiger partial charge in [0.15, 0.2) is 0 Å². The second-order valence-electron chi connectivity index (χ2n) is 4.98. The van der Waals surface area contributed by atoms with E-state index >= 15 is 0 Å². The van der Waals surface area contributed by atoms with Crippen LogP contribution in [0, 0.1) is 12.8 Å². The van der Waals surface area contributed by atoms with Crippen LogP contribution in [0.4, 0.5) is 0 Å². The molecule has 2 rings (SSSR count). The molecule has 17 heavy (non-hydrogen) atoms. The van der Waals surface area contributed by atoms with E-state index in [1.54, 1.807) is 0 Å². The molecule has 0 aliphatic heterocycles. The fourth-order valence-corrected chi connectivity index (χ4v) is 2.36. The molecule has 1 N–H and O–H groups in total. The van der Waals surface area contributed by atoms with Gasteiger partial charge in [0.05, 0.1) is 6.20 Å². The van der Waals surface area contributed by atoms with Gasteiger partial charge in [0.25, 0.3) is 0 Å². The number of nitrogens with zero attached hydrogens (tertiary/aromatic N) is 2. The van der Waals surface area contributed by atoms with E-state index in [-0.39, 0.29) is 0 Å². The van der Waals surface area contributed by atoms with E-state index in [1.807, 2.05) is 17.9 Å². The molecule has 0 bridgehead atoms. The molecule has 1 aromatic heterocycles. The number of aromatic nitrogens is 2. The highest BCUT2D eigenvalue weighted by Crippen LogP contribution is 2.16. The summed E-state index contributed by atoms with van der Waals surface area (Å²) in [6.45, 7) is 4.35. The Morgan fingerprint density at radius 3 is 3.00 bits per heavy atom. The first-order valence-corrected chi connectivity index (χ1v) is 6.60. The third-order valence-electron chi connectivity index (χ3n) is 3.72. The number of hydrogen-bond donors (Lipinski definition) is 1. The highest BCUT2D eigenvalue weighted by atomic mass is 15.3. The molecule has 1 unspecified atom stereocenters. The van der Waals surface area contributed by atoms with E-state index in [0.717, 1.165) is 25.4 Å². The van der Waals surface area contributed by atoms with Crippen LogP contribution in [0.2, 0.25) is 0 Å². The number of aryl methyl sites for hydroxylation is 1. The molecule has 0 aromatic carbocycles. The SMILES string of the molecule is Cc1c(CCNCC2CC=CCC2)cnn1C. The second-order valence-corrected chi connectivity index (χ2v) is 4.98. The van der Waals surface area contributed by atoms with Crippen molar-refractivity contribution in [2.24, 2.45) is 13.0 Å². The quantitative estimate of drug-likeness (QED) is 0.624. The maximum atomic E-state index is 4.26. The highest BCUT2D eigenvalue weighted by molar-refractivity contribution is 5.15. The molecule has 3 heteroatoms. The molecule has 0 amide bonds. The molecule has 0 saturated heterocycles. The predicted molar refractivity (Wildman–Crippen MR) is 71.0 cm³/mol. The minimum Gasteiger partial charge on any atom is -0.316 e. The summed E-state index contributed by atoms with van der Waals surface area (Å²) >= 11 is 0. The van der Waals surface area contributed by atoms with E-state index < -0.39 is 0 Å². The van der Waals surface area contributed by atoms with Crippen molar-refractivity contribution in [3.05, 3.63) is 29.6 Å². The average molecular weight is 233 g/mol. The Morgan fingerprint density at radius 2 is 2.35 bits per heavy atom. The molecule has 1 atom stereocenters. The second kappa shape index (κ2) is 6.01. The van der Waals surface area contributed by atoms with Crippen molar-refractivity contribution in [1.82, 2.24) is 15.1 Å². The van der Waals surface area contributed by atoms with Crippen molar-refractivity contribution in [2.45, 2.75) is 32.6 Å². The highest BCUT2D eigenvalue weighted by Gasteiger charge is 2.09. The van der Waals surface area contributed by atoms with Crippen molar-refractivity contribution < 1.29 is 0 Å². The Hall–Kier alpha value is -1.09. The van der Waals surface area contributed by atoms with Gasteiger partial charge in [0, 0.05) is 12.7 Å². The summed E-state index contributed by atoms with van der Waals surface area (Å²) in [4.78, 5) is 0. The maximum Gasteiger partial charge on any atom is 0.0524 e. The van der Waals surface area contributed by atoms with Gasteiger partial charge < -0.3 is 5.32 Å². The number of allylic oxidation sites excluding steroid dienone is 2. The largest absolute Gasteiger partial charge is 0.316 e. The summed E-state index contributed by atoms with van der Waals surface area (Å²) in [5.41, 5.74) is 2.65. The van der Waals surface area contributed by atoms with Crippen molar-refractivity contribution >= 4 is 0 Å². The molecule has 1 aromatic rings. The smallest absolute Gasteiger partial charge is 0.0524 e. The van der Waals surface area contributed by atoms with Crippen LogP contribution >= 0.6 is 0 Å². The zero-order valence-electron chi connectivity index (χ0n) is 10.9. The lowest BCUT2D eigenvalue weighted by Crippen LogP contribution is -2.25. The summed E-state index contributed by atoms with van der Waals surface area (Å²) in [5.74, 6) is 0.843. The number of nitrogens with one attached hydrogen (secondary N) is 1. The van der Waals surface area contributed by atoms with Gasteiger partial charge >= 0.3 is 0 Å². The first-order valence-electron chi connectivity index (χ1n) is 6.60. The summed E-state index contributed by atoms with van der Waals surface area (Å²) in [7, 11) is 2.00. The van der Waals surface area contributed by atoms with Crippen LogP contribution in [-0.4, -0.2) is 22.9 Å². The summed E-state index contributed by atoms with van der Waals surface area (Å²) in [5, 5.41) is 7.83. The molecule has 94 valence electrons. The van der Waals surface area contributed by atoms with E-state index in [0.29, 0.717) is 0 Å². The molecule has 0 fully saturated rings. The van der Waals surface area contributed by atoms with E-state index in [2.05, 4.69) is 29.5 Å². The van der Waals surface area contributed by atoms with Gasteiger partial charge in [0.1, 0.15) is 0 Å². The van der Waals surface area contributed by atoms with Crippen LogP contribution in [-0.2, 0) is 13.5 Å². The zero-order valence-corrected chi connectivity index (χ0v) is 10.9. The summed E-state index contributed by atoms with van der Waals surface area (Å²) < 4.78 is 1.95. The lowest BCUT2D eigenvalue weighted by molar-refractivity contribution is 0.442. The monoisotopic (exact) mass is 233 g/mol. The van der Waals surface area contributed by atoms with Crippen LogP contribution in [0.3, 0.4) is 0 Å². The van der Waals surface area contributed by atoms with Crippen LogP contribution < -0.4 is 5.32 Å². The van der Waals surface area contributed by atoms with E-state index in [1.165, 1.54) is 30.5 Å². The van der Waals surface area contributed by atoms with Gasteiger partial charge in [-0.05, 0) is 57.2 Å². The Labute approximate surface area is 104 Å². The average Bonchev–Trinajstić information content (AvgIpc) is 2.67. The van der Waals surface area contributed by atoms with Crippen molar-refractivity contribution in [3.8, 4) is 0 Å². The molecule has 1 heterocycles. The van der Waals surface area contributed by atoms with Crippen molar-refractivity contribution in [2.75, 3.05) is 13.1 Å². The lowest BCUT2D eigenvalue weighted by atomic mass is 9.94. The number of hydrogen-bond acceptors (Lipinski definition) is 2. The molecule has 3 nitrogen and oxygen atoms in total. The van der Waals surface area contributed by atoms with E-state index in [9.17, 15) is 0 Å². The van der Waals surface area contributed by atoms with Crippen molar-refractivity contribution in [1.29, 1.82) is 0 Å². The first-order chi connectivity index (χ1) is 8.27. The molecule has 0 saturated carbocycles. The molecule has 0 radical (unpaired) electrons. The standard InChI is InChI=1S/C14H23N3/c1-12-14(11-16-17(12)2)8-9-15-10-13-6-4-3-5-7-13/h3-4,11,13,15H,5-10H2,1-2H3. The van der Waals surface area contributed by atoms with Crippen LogP contribution in [0.5, 0.6) is 0 Å². The lowest BCUT2D eigenvalue weighted by Gasteiger charge is -2.18. The van der Waals surface area contributed by atoms with Crippen LogP contribution in [0.1, 0.15) is 30.5 Å². The summed E-state index contributed by atoms with van der Waals surface area (Å²) in [6, 6.07) is 0. The van der Waals surface area contributed by atoms with Gasteiger partial charge in [-0.2, -0.15) is 5.10 Å². The van der Waals surface area contributed by atoms with Crippen molar-refractivity contribution in [3.63, 3.8) is 0 Å². The van der Waals surface area contributed by atoms with Crippen LogP contribution in [0.25, 0.3) is 0 Å². The van der Waals surface area contributed by atoms with Gasteiger partial charge in [-0.1, -0.05) is 12.2 Å². The summed E-state index contributed by atoms with van der Waals surface area (Å²) in [6.07, 6.45) is 11.5. The Balaban J connectivity index is 1.66. The minimum atomic E-state index is 0.843. The topological polar surface area (TPSA) is 29.9 Å². The fraction of sp³-hybridized carbons (Fsp3) is 0.643. The normalized spacial score (nSPS) is 19.8. The third-order valence-corrected chi connectivity index (χ3v) is 3.72. The third kappa shape index (κ3) is 3.43. The molecular formula is C14H23N3. The molecular weight excluding hydrogens is 210 g/mol. The van der Waals surface area contributed by atoms with Gasteiger partial charge in [-0.3, -0.25) is 4.68 Å². The maximum absolute atomic E-state index is 4.26. The zero-order chi connectivity index (χ0) is 12.1. The van der Waals surface area contributed by atoms with E-state index in [4.69, 9.17) is 0 Å². The Kier molecular flexibility index (Phi) is 4.37. The molecule has 1 aliphatic carbocycles. The number of rotatable bonds is 5. The minimum absolute atomic E-state index is 0.843. The fourth-order valence-electron chi connectivity index (χ4n) is 2.36. The Morgan fingerprint density at radius 1 is 1.47 bits per heavy atom. The Bertz CT molecular complexity index is 379. The van der Waals surface area contributed by atoms with Gasteiger partial charge in [-0.25, -0.2) is 0 Å². The van der Waals surface area contributed by atoms with Gasteiger partial charge in [0.2, 0.25) is 0 Å². The van der Waals surface area contributed by atoms with Crippen LogP contribution in [0.15, 0.2) is 18.3 Å².